The summed E-state index contributed by atoms with van der Waals surface area (Å²) < 4.78 is 12.8. The Labute approximate surface area is 114 Å². The number of rotatable bonds is 6. The van der Waals surface area contributed by atoms with Gasteiger partial charge in [0.05, 0.1) is 0 Å². The molecule has 4 nitrogen and oxygen atoms in total. The largest absolute Gasteiger partial charge is 0.337 e. The summed E-state index contributed by atoms with van der Waals surface area (Å²) in [6, 6.07) is 6.72. The Morgan fingerprint density at radius 3 is 2.47 bits per heavy atom. The van der Waals surface area contributed by atoms with E-state index in [1.165, 1.54) is 17.0 Å². The van der Waals surface area contributed by atoms with Gasteiger partial charge in [0.25, 0.3) is 0 Å². The van der Waals surface area contributed by atoms with Crippen molar-refractivity contribution in [1.82, 2.24) is 15.5 Å². The van der Waals surface area contributed by atoms with Crippen LogP contribution in [0.2, 0.25) is 0 Å². The zero-order valence-electron chi connectivity index (χ0n) is 11.7. The lowest BCUT2D eigenvalue weighted by atomic mass is 10.1. The normalized spacial score (nSPS) is 12.0. The summed E-state index contributed by atoms with van der Waals surface area (Å²) in [5.41, 5.74) is 1.10. The quantitative estimate of drug-likeness (QED) is 0.769. The molecule has 0 saturated carbocycles. The molecule has 0 aliphatic heterocycles. The van der Waals surface area contributed by atoms with E-state index in [1.807, 2.05) is 0 Å². The predicted molar refractivity (Wildman–Crippen MR) is 74.7 cm³/mol. The SMILES string of the molecule is CC(Cc1ccc(F)cc1)NCCNC(=O)N(C)C. The van der Waals surface area contributed by atoms with Gasteiger partial charge in [0.15, 0.2) is 0 Å². The molecule has 0 fully saturated rings. The summed E-state index contributed by atoms with van der Waals surface area (Å²) >= 11 is 0. The number of urea groups is 1. The van der Waals surface area contributed by atoms with Crippen molar-refractivity contribution in [1.29, 1.82) is 0 Å². The molecule has 19 heavy (non-hydrogen) atoms. The Morgan fingerprint density at radius 2 is 1.89 bits per heavy atom. The van der Waals surface area contributed by atoms with Gasteiger partial charge in [-0.25, -0.2) is 9.18 Å². The van der Waals surface area contributed by atoms with Gasteiger partial charge >= 0.3 is 6.03 Å². The molecule has 0 radical (unpaired) electrons. The van der Waals surface area contributed by atoms with E-state index in [2.05, 4.69) is 17.6 Å². The Bertz CT molecular complexity index is 392. The van der Waals surface area contributed by atoms with Gasteiger partial charge in [0.2, 0.25) is 0 Å². The molecule has 1 aromatic rings. The molecular weight excluding hydrogens is 245 g/mol. The van der Waals surface area contributed by atoms with Gasteiger partial charge in [0, 0.05) is 33.2 Å². The number of nitrogens with one attached hydrogen (secondary N) is 2. The molecule has 5 heteroatoms. The van der Waals surface area contributed by atoms with Crippen LogP contribution in [0.3, 0.4) is 0 Å². The van der Waals surface area contributed by atoms with Crippen molar-refractivity contribution in [2.75, 3.05) is 27.2 Å². The Kier molecular flexibility index (Phi) is 6.29. The molecule has 0 bridgehead atoms. The van der Waals surface area contributed by atoms with Gasteiger partial charge in [-0.15, -0.1) is 0 Å². The Hall–Kier alpha value is -1.62. The van der Waals surface area contributed by atoms with Gasteiger partial charge < -0.3 is 15.5 Å². The van der Waals surface area contributed by atoms with Crippen LogP contribution in [0.1, 0.15) is 12.5 Å². The maximum absolute atomic E-state index is 12.8. The molecule has 0 aromatic heterocycles. The average molecular weight is 267 g/mol. The smallest absolute Gasteiger partial charge is 0.316 e. The van der Waals surface area contributed by atoms with Gasteiger partial charge in [-0.05, 0) is 31.0 Å². The van der Waals surface area contributed by atoms with Crippen LogP contribution >= 0.6 is 0 Å². The van der Waals surface area contributed by atoms with Crippen LogP contribution < -0.4 is 10.6 Å². The van der Waals surface area contributed by atoms with E-state index in [-0.39, 0.29) is 17.9 Å². The minimum Gasteiger partial charge on any atom is -0.337 e. The van der Waals surface area contributed by atoms with Gasteiger partial charge in [-0.1, -0.05) is 12.1 Å². The minimum atomic E-state index is -0.212. The third-order valence-corrected chi connectivity index (χ3v) is 2.76. The summed E-state index contributed by atoms with van der Waals surface area (Å²) in [4.78, 5) is 12.8. The summed E-state index contributed by atoms with van der Waals surface area (Å²) in [5, 5.41) is 6.10. The lowest BCUT2D eigenvalue weighted by molar-refractivity contribution is 0.217. The lowest BCUT2D eigenvalue weighted by Gasteiger charge is -2.15. The molecule has 1 rings (SSSR count). The fourth-order valence-corrected chi connectivity index (χ4v) is 1.69. The predicted octanol–water partition coefficient (Wildman–Crippen LogP) is 1.62. The topological polar surface area (TPSA) is 44.4 Å². The standard InChI is InChI=1S/C14H22FN3O/c1-11(10-12-4-6-13(15)7-5-12)16-8-9-17-14(19)18(2)3/h4-7,11,16H,8-10H2,1-3H3,(H,17,19). The zero-order chi connectivity index (χ0) is 14.3. The first-order chi connectivity index (χ1) is 8.99. The molecule has 0 spiro atoms. The number of halogens is 1. The van der Waals surface area contributed by atoms with E-state index in [0.29, 0.717) is 13.1 Å². The second kappa shape index (κ2) is 7.74. The highest BCUT2D eigenvalue weighted by Gasteiger charge is 2.04. The highest BCUT2D eigenvalue weighted by Crippen LogP contribution is 2.05. The van der Waals surface area contributed by atoms with Crippen molar-refractivity contribution < 1.29 is 9.18 Å². The molecule has 0 heterocycles. The van der Waals surface area contributed by atoms with Crippen molar-refractivity contribution in [3.8, 4) is 0 Å². The minimum absolute atomic E-state index is 0.0898. The highest BCUT2D eigenvalue weighted by atomic mass is 19.1. The summed E-state index contributed by atoms with van der Waals surface area (Å²) in [6.45, 7) is 3.36. The first-order valence-corrected chi connectivity index (χ1v) is 6.42. The number of amides is 2. The van der Waals surface area contributed by atoms with E-state index in [4.69, 9.17) is 0 Å². The fourth-order valence-electron chi connectivity index (χ4n) is 1.69. The van der Waals surface area contributed by atoms with Crippen LogP contribution in [0.15, 0.2) is 24.3 Å². The lowest BCUT2D eigenvalue weighted by Crippen LogP contribution is -2.40. The van der Waals surface area contributed by atoms with E-state index in [9.17, 15) is 9.18 Å². The molecule has 0 aliphatic rings. The molecule has 2 N–H and O–H groups in total. The monoisotopic (exact) mass is 267 g/mol. The molecule has 0 saturated heterocycles. The third kappa shape index (κ3) is 6.20. The van der Waals surface area contributed by atoms with E-state index >= 15 is 0 Å². The molecule has 1 unspecified atom stereocenters. The maximum Gasteiger partial charge on any atom is 0.316 e. The molecule has 2 amide bonds. The summed E-state index contributed by atoms with van der Waals surface area (Å²) in [5.74, 6) is -0.212. The van der Waals surface area contributed by atoms with Crippen LogP contribution in [0.25, 0.3) is 0 Å². The summed E-state index contributed by atoms with van der Waals surface area (Å²) in [7, 11) is 3.42. The number of nitrogens with zero attached hydrogens (tertiary/aromatic N) is 1. The number of hydrogen-bond acceptors (Lipinski definition) is 2. The number of carbonyl (C=O) groups is 1. The van der Waals surface area contributed by atoms with E-state index < -0.39 is 0 Å². The van der Waals surface area contributed by atoms with Crippen molar-refractivity contribution in [3.63, 3.8) is 0 Å². The fraction of sp³-hybridized carbons (Fsp3) is 0.500. The van der Waals surface area contributed by atoms with Crippen LogP contribution in [-0.4, -0.2) is 44.2 Å². The Morgan fingerprint density at radius 1 is 1.26 bits per heavy atom. The summed E-state index contributed by atoms with van der Waals surface area (Å²) in [6.07, 6.45) is 0.835. The number of benzene rings is 1. The van der Waals surface area contributed by atoms with Crippen molar-refractivity contribution in [3.05, 3.63) is 35.6 Å². The number of carbonyl (C=O) groups excluding carboxylic acids is 1. The molecule has 1 aromatic carbocycles. The highest BCUT2D eigenvalue weighted by molar-refractivity contribution is 5.73. The third-order valence-electron chi connectivity index (χ3n) is 2.76. The molecule has 0 aliphatic carbocycles. The zero-order valence-corrected chi connectivity index (χ0v) is 11.7. The van der Waals surface area contributed by atoms with Crippen LogP contribution in [0, 0.1) is 5.82 Å². The molecular formula is C14H22FN3O. The van der Waals surface area contributed by atoms with Crippen molar-refractivity contribution in [2.24, 2.45) is 0 Å². The van der Waals surface area contributed by atoms with Gasteiger partial charge in [-0.2, -0.15) is 0 Å². The second-order valence-corrected chi connectivity index (χ2v) is 4.81. The molecule has 106 valence electrons. The van der Waals surface area contributed by atoms with Crippen LogP contribution in [0.5, 0.6) is 0 Å². The van der Waals surface area contributed by atoms with Crippen molar-refractivity contribution in [2.45, 2.75) is 19.4 Å². The first-order valence-electron chi connectivity index (χ1n) is 6.42. The van der Waals surface area contributed by atoms with Crippen LogP contribution in [0.4, 0.5) is 9.18 Å². The first kappa shape index (κ1) is 15.4. The van der Waals surface area contributed by atoms with E-state index in [0.717, 1.165) is 12.0 Å². The van der Waals surface area contributed by atoms with Crippen LogP contribution in [-0.2, 0) is 6.42 Å². The average Bonchev–Trinajstić information content (AvgIpc) is 2.37. The van der Waals surface area contributed by atoms with Gasteiger partial charge in [0.1, 0.15) is 5.82 Å². The van der Waals surface area contributed by atoms with E-state index in [1.54, 1.807) is 26.2 Å². The second-order valence-electron chi connectivity index (χ2n) is 4.81. The Balaban J connectivity index is 2.19. The number of hydrogen-bond donors (Lipinski definition) is 2. The molecule has 1 atom stereocenters. The maximum atomic E-state index is 12.8. The van der Waals surface area contributed by atoms with Crippen molar-refractivity contribution >= 4 is 6.03 Å². The van der Waals surface area contributed by atoms with Gasteiger partial charge in [-0.3, -0.25) is 0 Å².